The zero-order valence-electron chi connectivity index (χ0n) is 17.1. The van der Waals surface area contributed by atoms with Crippen LogP contribution in [0.25, 0.3) is 0 Å². The van der Waals surface area contributed by atoms with Crippen molar-refractivity contribution < 1.29 is 5.11 Å². The number of phenolic OH excluding ortho intramolecular Hbond substituents is 1. The number of aromatic hydroxyl groups is 1. The van der Waals surface area contributed by atoms with Gasteiger partial charge >= 0.3 is 0 Å². The van der Waals surface area contributed by atoms with E-state index in [9.17, 15) is 5.11 Å². The molecule has 0 radical (unpaired) electrons. The first-order chi connectivity index (χ1) is 11.6. The van der Waals surface area contributed by atoms with Crippen molar-refractivity contribution in [1.29, 1.82) is 0 Å². The van der Waals surface area contributed by atoms with Crippen molar-refractivity contribution >= 4 is 0 Å². The van der Waals surface area contributed by atoms with Gasteiger partial charge in [-0.3, -0.25) is 0 Å². The molecule has 4 nitrogen and oxygen atoms in total. The van der Waals surface area contributed by atoms with E-state index in [-0.39, 0.29) is 5.75 Å². The van der Waals surface area contributed by atoms with E-state index in [0.29, 0.717) is 0 Å². The van der Waals surface area contributed by atoms with Crippen LogP contribution in [0.2, 0.25) is 0 Å². The van der Waals surface area contributed by atoms with Crippen molar-refractivity contribution in [2.75, 3.05) is 0 Å². The van der Waals surface area contributed by atoms with Gasteiger partial charge in [0.15, 0.2) is 0 Å². The van der Waals surface area contributed by atoms with Crippen LogP contribution < -0.4 is 17.2 Å². The fourth-order valence-electron chi connectivity index (χ4n) is 3.60. The van der Waals surface area contributed by atoms with Gasteiger partial charge in [-0.1, -0.05) is 41.5 Å². The zero-order valence-corrected chi connectivity index (χ0v) is 17.1. The van der Waals surface area contributed by atoms with E-state index in [2.05, 4.69) is 41.5 Å². The largest absolute Gasteiger partial charge is 0.507 e. The molecule has 4 heteroatoms. The minimum atomic E-state index is -0.584. The maximum Gasteiger partial charge on any atom is 0.125 e. The molecule has 0 bridgehead atoms. The summed E-state index contributed by atoms with van der Waals surface area (Å²) in [6, 6.07) is 4.04. The first-order valence-corrected chi connectivity index (χ1v) is 9.86. The Morgan fingerprint density at radius 2 is 0.920 bits per heavy atom. The molecule has 0 aliphatic carbocycles. The Morgan fingerprint density at radius 3 is 1.16 bits per heavy atom. The van der Waals surface area contributed by atoms with Gasteiger partial charge in [-0.15, -0.1) is 0 Å². The summed E-state index contributed by atoms with van der Waals surface area (Å²) in [6.45, 7) is 12.4. The van der Waals surface area contributed by atoms with Gasteiger partial charge in [-0.2, -0.15) is 0 Å². The molecule has 0 aromatic heterocycles. The molecule has 144 valence electrons. The standard InChI is InChI=1S/C21H39N3O/c1-7-19(22,8-2)15-13-16(20(23,9-3)10-4)18(25)17(14-15)21(24,11-5)12-6/h13-14,25H,7-12,22-24H2,1-6H3. The average molecular weight is 350 g/mol. The Balaban J connectivity index is 3.86. The van der Waals surface area contributed by atoms with Gasteiger partial charge in [0.25, 0.3) is 0 Å². The van der Waals surface area contributed by atoms with E-state index in [1.807, 2.05) is 12.1 Å². The van der Waals surface area contributed by atoms with E-state index in [1.54, 1.807) is 0 Å². The Kier molecular flexibility index (Phi) is 7.08. The van der Waals surface area contributed by atoms with Gasteiger partial charge in [0.1, 0.15) is 5.75 Å². The van der Waals surface area contributed by atoms with E-state index < -0.39 is 16.6 Å². The molecule has 0 aliphatic heterocycles. The Morgan fingerprint density at radius 1 is 0.640 bits per heavy atom. The lowest BCUT2D eigenvalue weighted by molar-refractivity contribution is 0.346. The smallest absolute Gasteiger partial charge is 0.125 e. The molecule has 0 amide bonds. The van der Waals surface area contributed by atoms with Crippen LogP contribution in [-0.4, -0.2) is 5.11 Å². The zero-order chi connectivity index (χ0) is 19.5. The van der Waals surface area contributed by atoms with E-state index in [4.69, 9.17) is 17.2 Å². The second kappa shape index (κ2) is 8.07. The molecule has 0 unspecified atom stereocenters. The molecule has 1 aromatic rings. The van der Waals surface area contributed by atoms with Crippen molar-refractivity contribution in [3.8, 4) is 5.75 Å². The second-order valence-corrected chi connectivity index (χ2v) is 7.51. The highest BCUT2D eigenvalue weighted by Gasteiger charge is 2.36. The summed E-state index contributed by atoms with van der Waals surface area (Å²) in [4.78, 5) is 0. The molecule has 0 atom stereocenters. The second-order valence-electron chi connectivity index (χ2n) is 7.51. The van der Waals surface area contributed by atoms with Crippen molar-refractivity contribution in [3.63, 3.8) is 0 Å². The third kappa shape index (κ3) is 3.86. The molecule has 25 heavy (non-hydrogen) atoms. The van der Waals surface area contributed by atoms with E-state index >= 15 is 0 Å². The maximum absolute atomic E-state index is 11.1. The highest BCUT2D eigenvalue weighted by Crippen LogP contribution is 2.43. The highest BCUT2D eigenvalue weighted by molar-refractivity contribution is 5.52. The van der Waals surface area contributed by atoms with Crippen molar-refractivity contribution in [2.24, 2.45) is 17.2 Å². The number of rotatable bonds is 9. The van der Waals surface area contributed by atoms with Crippen LogP contribution in [-0.2, 0) is 16.6 Å². The molecule has 0 spiro atoms. The third-order valence-corrected chi connectivity index (χ3v) is 6.54. The summed E-state index contributed by atoms with van der Waals surface area (Å²) in [5, 5.41) is 11.1. The van der Waals surface area contributed by atoms with Crippen LogP contribution in [0.1, 0.15) is 96.8 Å². The van der Waals surface area contributed by atoms with Crippen LogP contribution >= 0.6 is 0 Å². The first-order valence-electron chi connectivity index (χ1n) is 9.86. The van der Waals surface area contributed by atoms with Gasteiger partial charge in [0, 0.05) is 27.7 Å². The SMILES string of the molecule is CCC(N)(CC)c1cc(C(N)(CC)CC)c(O)c(C(N)(CC)CC)c1. The molecule has 0 aliphatic rings. The number of benzene rings is 1. The first kappa shape index (κ1) is 21.9. The van der Waals surface area contributed by atoms with Gasteiger partial charge in [-0.25, -0.2) is 0 Å². The van der Waals surface area contributed by atoms with Crippen LogP contribution in [0.15, 0.2) is 12.1 Å². The van der Waals surface area contributed by atoms with Crippen molar-refractivity contribution in [2.45, 2.75) is 96.7 Å². The van der Waals surface area contributed by atoms with E-state index in [0.717, 1.165) is 55.2 Å². The predicted molar refractivity (Wildman–Crippen MR) is 107 cm³/mol. The highest BCUT2D eigenvalue weighted by atomic mass is 16.3. The molecule has 7 N–H and O–H groups in total. The topological polar surface area (TPSA) is 98.3 Å². The number of nitrogens with two attached hydrogens (primary N) is 3. The summed E-state index contributed by atoms with van der Waals surface area (Å²) >= 11 is 0. The maximum atomic E-state index is 11.1. The van der Waals surface area contributed by atoms with Gasteiger partial charge in [0.05, 0.1) is 0 Å². The number of hydrogen-bond donors (Lipinski definition) is 4. The predicted octanol–water partition coefficient (Wildman–Crippen LogP) is 4.31. The number of phenols is 1. The fourth-order valence-corrected chi connectivity index (χ4v) is 3.60. The summed E-state index contributed by atoms with van der Waals surface area (Å²) < 4.78 is 0. The molecular formula is C21H39N3O. The summed E-state index contributed by atoms with van der Waals surface area (Å²) in [7, 11) is 0. The van der Waals surface area contributed by atoms with Crippen LogP contribution in [0.3, 0.4) is 0 Å². The number of hydrogen-bond acceptors (Lipinski definition) is 4. The minimum absolute atomic E-state index is 0.246. The monoisotopic (exact) mass is 349 g/mol. The molecule has 1 rings (SSSR count). The van der Waals surface area contributed by atoms with Crippen LogP contribution in [0.4, 0.5) is 0 Å². The minimum Gasteiger partial charge on any atom is -0.507 e. The molecule has 0 saturated heterocycles. The Labute approximate surface area is 154 Å². The molecule has 0 saturated carbocycles. The Hall–Kier alpha value is -1.10. The molecule has 0 fully saturated rings. The van der Waals surface area contributed by atoms with Gasteiger partial charge in [-0.05, 0) is 56.2 Å². The normalized spacial score (nSPS) is 13.3. The molecule has 0 heterocycles. The van der Waals surface area contributed by atoms with E-state index in [1.165, 1.54) is 0 Å². The van der Waals surface area contributed by atoms with Crippen molar-refractivity contribution in [3.05, 3.63) is 28.8 Å². The van der Waals surface area contributed by atoms with Crippen LogP contribution in [0.5, 0.6) is 5.75 Å². The molecule has 1 aromatic carbocycles. The summed E-state index contributed by atoms with van der Waals surface area (Å²) in [5.74, 6) is 0.246. The average Bonchev–Trinajstić information content (AvgIpc) is 2.66. The lowest BCUT2D eigenvalue weighted by Crippen LogP contribution is -2.41. The summed E-state index contributed by atoms with van der Waals surface area (Å²) in [6.07, 6.45) is 4.60. The van der Waals surface area contributed by atoms with Gasteiger partial charge in [0.2, 0.25) is 0 Å². The third-order valence-electron chi connectivity index (χ3n) is 6.54. The summed E-state index contributed by atoms with van der Waals surface area (Å²) in [5.41, 5.74) is 21.0. The van der Waals surface area contributed by atoms with Gasteiger partial charge < -0.3 is 22.3 Å². The van der Waals surface area contributed by atoms with Crippen molar-refractivity contribution in [1.82, 2.24) is 0 Å². The van der Waals surface area contributed by atoms with Crippen LogP contribution in [0, 0.1) is 0 Å². The lowest BCUT2D eigenvalue weighted by atomic mass is 9.74. The Bertz CT molecular complexity index is 531. The quantitative estimate of drug-likeness (QED) is 0.534. The molecular weight excluding hydrogens is 310 g/mol. The fraction of sp³-hybridized carbons (Fsp3) is 0.714. The lowest BCUT2D eigenvalue weighted by Gasteiger charge is -2.37.